The normalized spacial score (nSPS) is 17.8. The number of H-pyrrole nitrogens is 1. The van der Waals surface area contributed by atoms with E-state index in [4.69, 9.17) is 9.47 Å². The van der Waals surface area contributed by atoms with Crippen molar-refractivity contribution in [2.75, 3.05) is 12.3 Å². The Bertz CT molecular complexity index is 1530. The maximum Gasteiger partial charge on any atom is 0.220 e. The van der Waals surface area contributed by atoms with Crippen molar-refractivity contribution >= 4 is 23.6 Å². The second kappa shape index (κ2) is 17.0. The van der Waals surface area contributed by atoms with Crippen molar-refractivity contribution in [2.24, 2.45) is 0 Å². The Morgan fingerprint density at radius 2 is 1.74 bits per heavy atom. The topological polar surface area (TPSA) is 138 Å². The Labute approximate surface area is 273 Å². The third kappa shape index (κ3) is 9.98. The van der Waals surface area contributed by atoms with Crippen LogP contribution in [-0.2, 0) is 32.2 Å². The third-order valence-electron chi connectivity index (χ3n) is 7.80. The van der Waals surface area contributed by atoms with Crippen LogP contribution in [0.2, 0.25) is 0 Å². The van der Waals surface area contributed by atoms with E-state index < -0.39 is 6.29 Å². The number of rotatable bonds is 15. The van der Waals surface area contributed by atoms with Gasteiger partial charge in [-0.3, -0.25) is 14.7 Å². The van der Waals surface area contributed by atoms with Gasteiger partial charge in [0.15, 0.2) is 11.4 Å². The molecule has 1 aromatic heterocycles. The maximum atomic E-state index is 12.3. The Morgan fingerprint density at radius 3 is 2.48 bits per heavy atom. The molecule has 242 valence electrons. The first-order chi connectivity index (χ1) is 22.5. The van der Waals surface area contributed by atoms with Crippen LogP contribution in [0.5, 0.6) is 0 Å². The number of nitrogens with zero attached hydrogens (tertiary/aromatic N) is 2. The lowest BCUT2D eigenvalue weighted by Gasteiger charge is -2.36. The number of aromatic amines is 1. The van der Waals surface area contributed by atoms with Crippen LogP contribution in [0.15, 0.2) is 84.3 Å². The summed E-state index contributed by atoms with van der Waals surface area (Å²) in [7, 11) is 0. The summed E-state index contributed by atoms with van der Waals surface area (Å²) in [5.41, 5.74) is 5.98. The lowest BCUT2D eigenvalue weighted by Crippen LogP contribution is -2.31. The van der Waals surface area contributed by atoms with E-state index >= 15 is 0 Å². The largest absolute Gasteiger partial charge is 0.392 e. The highest BCUT2D eigenvalue weighted by molar-refractivity contribution is 7.99. The molecule has 4 aromatic rings. The van der Waals surface area contributed by atoms with Crippen molar-refractivity contribution in [1.82, 2.24) is 25.8 Å². The van der Waals surface area contributed by atoms with E-state index in [0.717, 1.165) is 57.8 Å². The van der Waals surface area contributed by atoms with E-state index in [2.05, 4.69) is 50.1 Å². The lowest BCUT2D eigenvalue weighted by molar-refractivity contribution is -0.245. The molecule has 0 radical (unpaired) electrons. The van der Waals surface area contributed by atoms with Gasteiger partial charge in [-0.15, -0.1) is 0 Å². The van der Waals surface area contributed by atoms with Gasteiger partial charge < -0.3 is 25.2 Å². The number of ether oxygens (including phenoxy) is 2. The van der Waals surface area contributed by atoms with Crippen LogP contribution < -0.4 is 10.6 Å². The number of hydrogen-bond donors (Lipinski definition) is 4. The number of aromatic nitrogens is 3. The molecule has 4 N–H and O–H groups in total. The van der Waals surface area contributed by atoms with Gasteiger partial charge in [0.25, 0.3) is 0 Å². The van der Waals surface area contributed by atoms with Crippen LogP contribution in [0.3, 0.4) is 0 Å². The van der Waals surface area contributed by atoms with Gasteiger partial charge in [0, 0.05) is 44.2 Å². The van der Waals surface area contributed by atoms with E-state index in [9.17, 15) is 14.7 Å². The van der Waals surface area contributed by atoms with Crippen LogP contribution in [0.25, 0.3) is 11.1 Å². The molecule has 1 fully saturated rings. The summed E-state index contributed by atoms with van der Waals surface area (Å²) >= 11 is 1.57. The molecule has 1 aliphatic heterocycles. The average Bonchev–Trinajstić information content (AvgIpc) is 3.62. The second-order valence-corrected chi connectivity index (χ2v) is 12.4. The van der Waals surface area contributed by atoms with Crippen LogP contribution >= 0.6 is 11.8 Å². The smallest absolute Gasteiger partial charge is 0.220 e. The van der Waals surface area contributed by atoms with Gasteiger partial charge in [0.2, 0.25) is 11.8 Å². The minimum absolute atomic E-state index is 0.000907. The van der Waals surface area contributed by atoms with E-state index in [1.165, 1.54) is 13.3 Å². The van der Waals surface area contributed by atoms with Gasteiger partial charge in [-0.25, -0.2) is 4.98 Å². The Hall–Kier alpha value is -4.03. The van der Waals surface area contributed by atoms with Gasteiger partial charge in [-0.2, -0.15) is 5.10 Å². The third-order valence-corrected chi connectivity index (χ3v) is 8.81. The van der Waals surface area contributed by atoms with Gasteiger partial charge >= 0.3 is 0 Å². The summed E-state index contributed by atoms with van der Waals surface area (Å²) in [4.78, 5) is 27.5. The number of carbonyl (C=O) groups excluding carboxylic acids is 2. The van der Waals surface area contributed by atoms with Crippen molar-refractivity contribution < 1.29 is 24.2 Å². The minimum atomic E-state index is -0.544. The molecule has 2 amide bonds. The lowest BCUT2D eigenvalue weighted by atomic mass is 9.99. The number of amides is 2. The number of aliphatic hydroxyl groups excluding tert-OH is 1. The molecule has 5 rings (SSSR count). The van der Waals surface area contributed by atoms with Gasteiger partial charge in [-0.05, 0) is 46.7 Å². The fraction of sp³-hybridized carbons (Fsp3) is 0.371. The van der Waals surface area contributed by atoms with Gasteiger partial charge in [0.05, 0.1) is 18.8 Å². The van der Waals surface area contributed by atoms with Crippen molar-refractivity contribution in [3.8, 4) is 11.1 Å². The van der Waals surface area contributed by atoms with E-state index in [1.54, 1.807) is 11.8 Å². The van der Waals surface area contributed by atoms with Crippen molar-refractivity contribution in [1.29, 1.82) is 0 Å². The Morgan fingerprint density at radius 1 is 0.935 bits per heavy atom. The first-order valence-corrected chi connectivity index (χ1v) is 16.6. The zero-order valence-electron chi connectivity index (χ0n) is 26.0. The number of carbonyl (C=O) groups is 2. The molecule has 0 saturated carbocycles. The molecular weight excluding hydrogens is 602 g/mol. The Kier molecular flexibility index (Phi) is 12.4. The quantitative estimate of drug-likeness (QED) is 0.0969. The molecule has 1 aliphatic rings. The summed E-state index contributed by atoms with van der Waals surface area (Å²) in [5, 5.41) is 22.8. The van der Waals surface area contributed by atoms with Crippen molar-refractivity contribution in [2.45, 2.75) is 75.8 Å². The van der Waals surface area contributed by atoms with Crippen LogP contribution in [0.1, 0.15) is 73.7 Å². The first-order valence-electron chi connectivity index (χ1n) is 15.7. The zero-order valence-corrected chi connectivity index (χ0v) is 26.8. The highest BCUT2D eigenvalue weighted by atomic mass is 32.2. The molecule has 0 spiro atoms. The molecule has 0 aliphatic carbocycles. The summed E-state index contributed by atoms with van der Waals surface area (Å²) < 4.78 is 12.9. The predicted octanol–water partition coefficient (Wildman–Crippen LogP) is 5.61. The van der Waals surface area contributed by atoms with Crippen LogP contribution in [0, 0.1) is 0 Å². The van der Waals surface area contributed by atoms with Gasteiger partial charge in [-0.1, -0.05) is 84.9 Å². The number of thioether (sulfide) groups is 1. The number of aliphatic hydroxyl groups is 1. The SMILES string of the molecule is CC(=O)NCCCCCC(=O)NCc1cccc(-c2ccc([C@H]3O[C@@H](CSc4ncn[nH]4)C[C@@H](c4ccc(CO)cc4)O3)cc2)c1. The molecule has 46 heavy (non-hydrogen) atoms. The first kappa shape index (κ1) is 33.3. The number of benzene rings is 3. The average molecular weight is 644 g/mol. The summed E-state index contributed by atoms with van der Waals surface area (Å²) in [6.45, 7) is 2.63. The molecule has 0 bridgehead atoms. The highest BCUT2D eigenvalue weighted by Crippen LogP contribution is 2.39. The predicted molar refractivity (Wildman–Crippen MR) is 176 cm³/mol. The molecule has 3 aromatic carbocycles. The van der Waals surface area contributed by atoms with E-state index in [0.29, 0.717) is 31.7 Å². The van der Waals surface area contributed by atoms with E-state index in [1.807, 2.05) is 48.5 Å². The van der Waals surface area contributed by atoms with Crippen molar-refractivity contribution in [3.63, 3.8) is 0 Å². The van der Waals surface area contributed by atoms with E-state index in [-0.39, 0.29) is 30.6 Å². The maximum absolute atomic E-state index is 12.3. The highest BCUT2D eigenvalue weighted by Gasteiger charge is 2.32. The van der Waals surface area contributed by atoms with Crippen LogP contribution in [0.4, 0.5) is 0 Å². The Balaban J connectivity index is 1.19. The molecule has 1 saturated heterocycles. The zero-order chi connectivity index (χ0) is 32.1. The fourth-order valence-corrected chi connectivity index (χ4v) is 6.09. The molecule has 11 heteroatoms. The second-order valence-electron chi connectivity index (χ2n) is 11.3. The number of nitrogens with one attached hydrogen (secondary N) is 3. The monoisotopic (exact) mass is 643 g/mol. The molecule has 0 unspecified atom stereocenters. The fourth-order valence-electron chi connectivity index (χ4n) is 5.29. The van der Waals surface area contributed by atoms with Crippen molar-refractivity contribution in [3.05, 3.63) is 101 Å². The molecule has 10 nitrogen and oxygen atoms in total. The summed E-state index contributed by atoms with van der Waals surface area (Å²) in [5.74, 6) is 0.699. The standard InChI is InChI=1S/C35H41N5O5S/c1-24(42)36-17-4-2-3-8-33(43)37-20-26-6-5-7-30(18-26)27-13-15-29(16-14-27)34-44-31(22-46-35-38-23-39-40-35)19-32(45-34)28-11-9-25(21-41)10-12-28/h5-7,9-16,18,23,31-32,34,41H,2-4,8,17,19-22H2,1H3,(H,36,42)(H,37,43)(H,38,39,40)/t31-,32+,34+/m1/s1. The van der Waals surface area contributed by atoms with Crippen LogP contribution in [-0.4, -0.2) is 50.5 Å². The minimum Gasteiger partial charge on any atom is -0.392 e. The number of hydrogen-bond acceptors (Lipinski definition) is 8. The molecule has 3 atom stereocenters. The molecule has 2 heterocycles. The van der Waals surface area contributed by atoms with Gasteiger partial charge in [0.1, 0.15) is 6.33 Å². The summed E-state index contributed by atoms with van der Waals surface area (Å²) in [6, 6.07) is 24.3. The summed E-state index contributed by atoms with van der Waals surface area (Å²) in [6.07, 6.45) is 4.44. The molecular formula is C35H41N5O5S. The number of unbranched alkanes of at least 4 members (excludes halogenated alkanes) is 2.